The Balaban J connectivity index is 1.63. The number of rotatable bonds is 9. The highest BCUT2D eigenvalue weighted by Gasteiger charge is 2.37. The van der Waals surface area contributed by atoms with Gasteiger partial charge in [-0.05, 0) is 56.6 Å². The number of thiazole rings is 1. The molecule has 3 heterocycles. The second kappa shape index (κ2) is 11.6. The molecule has 1 unspecified atom stereocenters. The van der Waals surface area contributed by atoms with Crippen molar-refractivity contribution in [3.63, 3.8) is 0 Å². The van der Waals surface area contributed by atoms with Gasteiger partial charge < -0.3 is 4.90 Å². The van der Waals surface area contributed by atoms with Crippen LogP contribution in [0.4, 0.5) is 5.13 Å². The number of hydrogen-bond donors (Lipinski definition) is 0. The van der Waals surface area contributed by atoms with Crippen LogP contribution in [0.1, 0.15) is 32.3 Å². The number of fused-ring (bicyclic) bond motifs is 1. The molecule has 4 rings (SSSR count). The predicted molar refractivity (Wildman–Crippen MR) is 150 cm³/mol. The number of thiophene rings is 1. The van der Waals surface area contributed by atoms with Gasteiger partial charge in [0.05, 0.1) is 25.5 Å². The maximum Gasteiger partial charge on any atom is 0.252 e. The molecule has 196 valence electrons. The minimum atomic E-state index is -3.71. The number of aryl methyl sites for hydroxylation is 1. The Hall–Kier alpha value is -1.27. The second-order valence-electron chi connectivity index (χ2n) is 8.82. The van der Waals surface area contributed by atoms with E-state index < -0.39 is 15.9 Å². The number of sulfonamides is 1. The summed E-state index contributed by atoms with van der Waals surface area (Å²) in [5.41, 5.74) is 1.79. The number of piperidine rings is 1. The number of carbonyl (C=O) groups is 1. The number of aromatic nitrogens is 1. The van der Waals surface area contributed by atoms with Gasteiger partial charge in [-0.1, -0.05) is 54.5 Å². The summed E-state index contributed by atoms with van der Waals surface area (Å²) >= 11 is 14.9. The molecule has 0 spiro atoms. The van der Waals surface area contributed by atoms with Gasteiger partial charge in [0.1, 0.15) is 4.21 Å². The molecule has 1 atom stereocenters. The molecular weight excluding hydrogens is 559 g/mol. The molecule has 0 aliphatic carbocycles. The van der Waals surface area contributed by atoms with Crippen LogP contribution >= 0.6 is 45.9 Å². The molecule has 0 radical (unpaired) electrons. The normalized spacial score (nSPS) is 17.2. The summed E-state index contributed by atoms with van der Waals surface area (Å²) < 4.78 is 29.3. The molecule has 3 aromatic rings. The van der Waals surface area contributed by atoms with E-state index >= 15 is 0 Å². The summed E-state index contributed by atoms with van der Waals surface area (Å²) in [6.07, 6.45) is 1.24. The van der Waals surface area contributed by atoms with Gasteiger partial charge in [0, 0.05) is 26.2 Å². The van der Waals surface area contributed by atoms with E-state index in [-0.39, 0.29) is 16.7 Å². The maximum absolute atomic E-state index is 13.9. The number of carbonyl (C=O) groups excluding carboxylic acids is 1. The summed E-state index contributed by atoms with van der Waals surface area (Å²) in [6.45, 7) is 9.62. The number of nitrogens with zero attached hydrogens (tertiary/aromatic N) is 4. The lowest BCUT2D eigenvalue weighted by atomic mass is 9.98. The first kappa shape index (κ1) is 27.8. The molecule has 2 aromatic heterocycles. The molecule has 1 amide bonds. The van der Waals surface area contributed by atoms with Crippen LogP contribution in [-0.2, 0) is 14.8 Å². The first-order chi connectivity index (χ1) is 17.1. The van der Waals surface area contributed by atoms with Gasteiger partial charge in [-0.15, -0.1) is 11.3 Å². The Morgan fingerprint density at radius 2 is 1.89 bits per heavy atom. The molecule has 0 N–H and O–H groups in total. The van der Waals surface area contributed by atoms with Crippen molar-refractivity contribution in [2.45, 2.75) is 37.8 Å². The summed E-state index contributed by atoms with van der Waals surface area (Å²) in [6, 6.07) is 6.89. The van der Waals surface area contributed by atoms with Crippen molar-refractivity contribution < 1.29 is 13.2 Å². The summed E-state index contributed by atoms with van der Waals surface area (Å²) in [5, 5.41) is 1.21. The van der Waals surface area contributed by atoms with E-state index in [1.807, 2.05) is 19.1 Å². The molecule has 1 aliphatic rings. The fourth-order valence-corrected chi connectivity index (χ4v) is 8.94. The Morgan fingerprint density at radius 3 is 2.53 bits per heavy atom. The summed E-state index contributed by atoms with van der Waals surface area (Å²) in [7, 11) is -3.71. The molecule has 36 heavy (non-hydrogen) atoms. The van der Waals surface area contributed by atoms with Crippen LogP contribution in [0, 0.1) is 12.8 Å². The zero-order valence-electron chi connectivity index (χ0n) is 20.5. The van der Waals surface area contributed by atoms with E-state index in [1.54, 1.807) is 11.0 Å². The smallest absolute Gasteiger partial charge is 0.252 e. The van der Waals surface area contributed by atoms with E-state index in [0.29, 0.717) is 47.0 Å². The Bertz CT molecular complexity index is 1300. The van der Waals surface area contributed by atoms with Gasteiger partial charge in [0.15, 0.2) is 5.13 Å². The van der Waals surface area contributed by atoms with Crippen LogP contribution in [0.2, 0.25) is 9.36 Å². The maximum atomic E-state index is 13.9. The van der Waals surface area contributed by atoms with Crippen LogP contribution in [0.5, 0.6) is 0 Å². The fraction of sp³-hybridized carbons (Fsp3) is 0.500. The van der Waals surface area contributed by atoms with Crippen LogP contribution < -0.4 is 4.90 Å². The van der Waals surface area contributed by atoms with Gasteiger partial charge >= 0.3 is 0 Å². The topological polar surface area (TPSA) is 73.8 Å². The van der Waals surface area contributed by atoms with E-state index in [9.17, 15) is 13.2 Å². The SMILES string of the molecule is CCN(CC)CCN(C(=O)C1CCCN(S(=O)(=O)c2ccc(Cl)s2)C1)c1nc2c(C)ccc(Cl)c2s1. The molecule has 12 heteroatoms. The molecule has 1 saturated heterocycles. The monoisotopic (exact) mass is 588 g/mol. The van der Waals surface area contributed by atoms with Gasteiger partial charge in [-0.25, -0.2) is 13.4 Å². The Morgan fingerprint density at radius 1 is 1.14 bits per heavy atom. The van der Waals surface area contributed by atoms with Gasteiger partial charge in [-0.2, -0.15) is 4.31 Å². The van der Waals surface area contributed by atoms with Crippen molar-refractivity contribution in [2.24, 2.45) is 5.92 Å². The van der Waals surface area contributed by atoms with Crippen LogP contribution in [0.25, 0.3) is 10.2 Å². The second-order valence-corrected chi connectivity index (χ2v) is 14.1. The summed E-state index contributed by atoms with van der Waals surface area (Å²) in [4.78, 5) is 22.8. The minimum Gasteiger partial charge on any atom is -0.302 e. The highest BCUT2D eigenvalue weighted by atomic mass is 35.5. The van der Waals surface area contributed by atoms with Gasteiger partial charge in [-0.3, -0.25) is 9.69 Å². The molecule has 7 nitrogen and oxygen atoms in total. The van der Waals surface area contributed by atoms with Crippen LogP contribution in [-0.4, -0.2) is 67.8 Å². The number of likely N-dealkylation sites (N-methyl/N-ethyl adjacent to an activating group) is 1. The number of halogens is 2. The van der Waals surface area contributed by atoms with Crippen molar-refractivity contribution in [2.75, 3.05) is 44.2 Å². The molecule has 0 saturated carbocycles. The first-order valence-corrected chi connectivity index (χ1v) is 15.8. The van der Waals surface area contributed by atoms with E-state index in [4.69, 9.17) is 28.2 Å². The van der Waals surface area contributed by atoms with Crippen LogP contribution in [0.3, 0.4) is 0 Å². The number of hydrogen-bond acceptors (Lipinski definition) is 7. The van der Waals surface area contributed by atoms with Crippen molar-refractivity contribution in [3.8, 4) is 0 Å². The van der Waals surface area contributed by atoms with E-state index in [1.165, 1.54) is 21.7 Å². The minimum absolute atomic E-state index is 0.0981. The predicted octanol–water partition coefficient (Wildman–Crippen LogP) is 5.75. The van der Waals surface area contributed by atoms with Gasteiger partial charge in [0.2, 0.25) is 5.91 Å². The van der Waals surface area contributed by atoms with Crippen molar-refractivity contribution in [3.05, 3.63) is 39.2 Å². The first-order valence-electron chi connectivity index (χ1n) is 12.0. The van der Waals surface area contributed by atoms with Crippen molar-refractivity contribution >= 4 is 77.2 Å². The largest absolute Gasteiger partial charge is 0.302 e. The Kier molecular flexibility index (Phi) is 8.97. The third-order valence-electron chi connectivity index (χ3n) is 6.59. The zero-order valence-corrected chi connectivity index (χ0v) is 24.5. The summed E-state index contributed by atoms with van der Waals surface area (Å²) in [5.74, 6) is -0.552. The zero-order chi connectivity index (χ0) is 26.0. The highest BCUT2D eigenvalue weighted by Crippen LogP contribution is 2.37. The number of benzene rings is 1. The third-order valence-corrected chi connectivity index (χ3v) is 11.7. The Labute approximate surface area is 230 Å². The molecular formula is C24H30Cl2N4O3S3. The lowest BCUT2D eigenvalue weighted by Crippen LogP contribution is -2.48. The van der Waals surface area contributed by atoms with E-state index in [2.05, 4.69) is 18.7 Å². The molecule has 1 fully saturated rings. The average molecular weight is 590 g/mol. The van der Waals surface area contributed by atoms with Gasteiger partial charge in [0.25, 0.3) is 10.0 Å². The third kappa shape index (κ3) is 5.75. The fourth-order valence-electron chi connectivity index (χ4n) is 4.43. The van der Waals surface area contributed by atoms with Crippen molar-refractivity contribution in [1.82, 2.24) is 14.2 Å². The van der Waals surface area contributed by atoms with E-state index in [0.717, 1.165) is 40.2 Å². The number of anilines is 1. The lowest BCUT2D eigenvalue weighted by Gasteiger charge is -2.34. The molecule has 1 aliphatic heterocycles. The quantitative estimate of drug-likeness (QED) is 0.318. The number of amides is 1. The lowest BCUT2D eigenvalue weighted by molar-refractivity contribution is -0.123. The standard InChI is InChI=1S/C24H30Cl2N4O3S3/c1-4-28(5-2)13-14-30(24-27-21-16(3)8-9-18(25)22(21)35-24)23(31)17-7-6-12-29(15-17)36(32,33)20-11-10-19(26)34-20/h8-11,17H,4-7,12-15H2,1-3H3. The highest BCUT2D eigenvalue weighted by molar-refractivity contribution is 7.91. The van der Waals surface area contributed by atoms with Crippen LogP contribution in [0.15, 0.2) is 28.5 Å². The van der Waals surface area contributed by atoms with Crippen molar-refractivity contribution in [1.29, 1.82) is 0 Å². The average Bonchev–Trinajstić information content (AvgIpc) is 3.52. The molecule has 1 aromatic carbocycles. The molecule has 0 bridgehead atoms.